The first-order valence-electron chi connectivity index (χ1n) is 6.37. The van der Waals surface area contributed by atoms with Gasteiger partial charge in [0.15, 0.2) is 5.13 Å². The number of carbonyl (C=O) groups is 1. The summed E-state index contributed by atoms with van der Waals surface area (Å²) in [6.07, 6.45) is 0.704. The molecule has 5 nitrogen and oxygen atoms in total. The lowest BCUT2D eigenvalue weighted by molar-refractivity contribution is -0.114. The van der Waals surface area contributed by atoms with Crippen LogP contribution in [-0.4, -0.2) is 24.0 Å². The molecule has 1 aromatic heterocycles. The average Bonchev–Trinajstić information content (AvgIpc) is 2.86. The Morgan fingerprint density at radius 2 is 2.35 bits per heavy atom. The molecule has 0 saturated heterocycles. The van der Waals surface area contributed by atoms with Crippen molar-refractivity contribution >= 4 is 22.4 Å². The Labute approximate surface area is 121 Å². The predicted molar refractivity (Wildman–Crippen MR) is 80.2 cm³/mol. The Kier molecular flexibility index (Phi) is 5.09. The number of nitrogens with one attached hydrogen (secondary N) is 1. The van der Waals surface area contributed by atoms with Gasteiger partial charge in [0, 0.05) is 11.8 Å². The minimum absolute atomic E-state index is 0.0364. The number of thiazole rings is 1. The number of hydrogen-bond donors (Lipinski definition) is 2. The van der Waals surface area contributed by atoms with Gasteiger partial charge in [-0.1, -0.05) is 12.1 Å². The van der Waals surface area contributed by atoms with E-state index in [4.69, 9.17) is 10.5 Å². The van der Waals surface area contributed by atoms with Crippen molar-refractivity contribution in [3.63, 3.8) is 0 Å². The molecule has 0 unspecified atom stereocenters. The molecule has 0 aliphatic carbocycles. The lowest BCUT2D eigenvalue weighted by Gasteiger charge is -2.04. The van der Waals surface area contributed by atoms with Gasteiger partial charge in [-0.15, -0.1) is 11.3 Å². The number of ether oxygens (including phenoxy) is 1. The van der Waals surface area contributed by atoms with Crippen molar-refractivity contribution in [2.45, 2.75) is 13.3 Å². The Hall–Kier alpha value is -1.92. The fourth-order valence-electron chi connectivity index (χ4n) is 1.74. The summed E-state index contributed by atoms with van der Waals surface area (Å²) in [5.74, 6) is 0.626. The van der Waals surface area contributed by atoms with Crippen LogP contribution in [0.2, 0.25) is 0 Å². The van der Waals surface area contributed by atoms with E-state index in [1.54, 1.807) is 0 Å². The lowest BCUT2D eigenvalue weighted by Crippen LogP contribution is -2.21. The number of amides is 1. The SMILES string of the molecule is CCOc1cccc(Cc2csc(NC(=O)CN)n2)c1. The van der Waals surface area contributed by atoms with Crippen LogP contribution in [0.25, 0.3) is 0 Å². The molecule has 0 spiro atoms. The standard InChI is InChI=1S/C14H17N3O2S/c1-2-19-12-5-3-4-10(7-12)6-11-9-20-14(16-11)17-13(18)8-15/h3-5,7,9H,2,6,8,15H2,1H3,(H,16,17,18). The van der Waals surface area contributed by atoms with Gasteiger partial charge in [-0.2, -0.15) is 0 Å². The van der Waals surface area contributed by atoms with Gasteiger partial charge in [0.25, 0.3) is 0 Å². The summed E-state index contributed by atoms with van der Waals surface area (Å²) in [7, 11) is 0. The van der Waals surface area contributed by atoms with Crippen LogP contribution >= 0.6 is 11.3 Å². The van der Waals surface area contributed by atoms with Crippen molar-refractivity contribution in [1.29, 1.82) is 0 Å². The molecule has 3 N–H and O–H groups in total. The molecule has 20 heavy (non-hydrogen) atoms. The molecule has 1 amide bonds. The number of anilines is 1. The fraction of sp³-hybridized carbons (Fsp3) is 0.286. The number of hydrogen-bond acceptors (Lipinski definition) is 5. The van der Waals surface area contributed by atoms with Gasteiger partial charge in [-0.05, 0) is 24.6 Å². The van der Waals surface area contributed by atoms with Gasteiger partial charge >= 0.3 is 0 Å². The van der Waals surface area contributed by atoms with E-state index in [0.29, 0.717) is 18.2 Å². The third-order valence-corrected chi connectivity index (χ3v) is 3.38. The third-order valence-electron chi connectivity index (χ3n) is 2.58. The number of aromatic nitrogens is 1. The van der Waals surface area contributed by atoms with Crippen LogP contribution in [0.3, 0.4) is 0 Å². The minimum Gasteiger partial charge on any atom is -0.494 e. The average molecular weight is 291 g/mol. The minimum atomic E-state index is -0.232. The van der Waals surface area contributed by atoms with E-state index >= 15 is 0 Å². The smallest absolute Gasteiger partial charge is 0.239 e. The molecule has 0 aliphatic rings. The molecule has 106 valence electrons. The largest absolute Gasteiger partial charge is 0.494 e. The van der Waals surface area contributed by atoms with Crippen LogP contribution in [0.15, 0.2) is 29.6 Å². The van der Waals surface area contributed by atoms with Crippen molar-refractivity contribution < 1.29 is 9.53 Å². The Morgan fingerprint density at radius 1 is 1.50 bits per heavy atom. The van der Waals surface area contributed by atoms with Crippen molar-refractivity contribution in [3.8, 4) is 5.75 Å². The number of rotatable bonds is 6. The maximum atomic E-state index is 11.2. The summed E-state index contributed by atoms with van der Waals surface area (Å²) in [4.78, 5) is 15.5. The van der Waals surface area contributed by atoms with Crippen molar-refractivity contribution in [3.05, 3.63) is 40.9 Å². The second kappa shape index (κ2) is 7.02. The van der Waals surface area contributed by atoms with Crippen LogP contribution < -0.4 is 15.8 Å². The molecular formula is C14H17N3O2S. The molecule has 1 heterocycles. The molecule has 2 rings (SSSR count). The van der Waals surface area contributed by atoms with Gasteiger partial charge in [0.1, 0.15) is 5.75 Å². The summed E-state index contributed by atoms with van der Waals surface area (Å²) in [5, 5.41) is 5.16. The van der Waals surface area contributed by atoms with Crippen LogP contribution in [0.1, 0.15) is 18.2 Å². The second-order valence-electron chi connectivity index (χ2n) is 4.15. The summed E-state index contributed by atoms with van der Waals surface area (Å²) >= 11 is 1.40. The van der Waals surface area contributed by atoms with Crippen LogP contribution in [0.5, 0.6) is 5.75 Å². The molecule has 0 saturated carbocycles. The van der Waals surface area contributed by atoms with Crippen LogP contribution in [0, 0.1) is 0 Å². The van der Waals surface area contributed by atoms with Gasteiger partial charge in [-0.3, -0.25) is 4.79 Å². The molecule has 1 aromatic carbocycles. The molecule has 0 radical (unpaired) electrons. The normalized spacial score (nSPS) is 10.3. The Balaban J connectivity index is 2.02. The Morgan fingerprint density at radius 3 is 3.10 bits per heavy atom. The van der Waals surface area contributed by atoms with Crippen molar-refractivity contribution in [2.75, 3.05) is 18.5 Å². The molecule has 0 atom stereocenters. The third kappa shape index (κ3) is 4.04. The van der Waals surface area contributed by atoms with E-state index in [1.165, 1.54) is 11.3 Å². The first-order chi connectivity index (χ1) is 9.71. The zero-order valence-corrected chi connectivity index (χ0v) is 12.1. The highest BCUT2D eigenvalue weighted by atomic mass is 32.1. The highest BCUT2D eigenvalue weighted by Crippen LogP contribution is 2.20. The summed E-state index contributed by atoms with van der Waals surface area (Å²) in [6.45, 7) is 2.57. The van der Waals surface area contributed by atoms with Crippen molar-refractivity contribution in [1.82, 2.24) is 4.98 Å². The number of benzene rings is 1. The first-order valence-corrected chi connectivity index (χ1v) is 7.25. The zero-order chi connectivity index (χ0) is 14.4. The van der Waals surface area contributed by atoms with E-state index in [2.05, 4.69) is 10.3 Å². The topological polar surface area (TPSA) is 77.2 Å². The first kappa shape index (κ1) is 14.5. The van der Waals surface area contributed by atoms with E-state index < -0.39 is 0 Å². The number of nitrogens with two attached hydrogens (primary N) is 1. The number of carbonyl (C=O) groups excluding carboxylic acids is 1. The molecular weight excluding hydrogens is 274 g/mol. The summed E-state index contributed by atoms with van der Waals surface area (Å²) in [6, 6.07) is 7.92. The number of nitrogens with zero attached hydrogens (tertiary/aromatic N) is 1. The lowest BCUT2D eigenvalue weighted by atomic mass is 10.1. The van der Waals surface area contributed by atoms with Gasteiger partial charge in [-0.25, -0.2) is 4.98 Å². The van der Waals surface area contributed by atoms with E-state index in [9.17, 15) is 4.79 Å². The van der Waals surface area contributed by atoms with E-state index in [1.807, 2.05) is 36.6 Å². The molecule has 0 aliphatic heterocycles. The van der Waals surface area contributed by atoms with Crippen molar-refractivity contribution in [2.24, 2.45) is 5.73 Å². The van der Waals surface area contributed by atoms with E-state index in [0.717, 1.165) is 17.0 Å². The van der Waals surface area contributed by atoms with E-state index in [-0.39, 0.29) is 12.5 Å². The molecule has 0 fully saturated rings. The van der Waals surface area contributed by atoms with Crippen LogP contribution in [0.4, 0.5) is 5.13 Å². The predicted octanol–water partition coefficient (Wildman–Crippen LogP) is 2.03. The van der Waals surface area contributed by atoms with Gasteiger partial charge in [0.2, 0.25) is 5.91 Å². The molecule has 6 heteroatoms. The summed E-state index contributed by atoms with van der Waals surface area (Å²) < 4.78 is 5.47. The highest BCUT2D eigenvalue weighted by molar-refractivity contribution is 7.13. The maximum absolute atomic E-state index is 11.2. The van der Waals surface area contributed by atoms with Crippen LogP contribution in [-0.2, 0) is 11.2 Å². The zero-order valence-electron chi connectivity index (χ0n) is 11.3. The monoisotopic (exact) mass is 291 g/mol. The fourth-order valence-corrected chi connectivity index (χ4v) is 2.46. The Bertz CT molecular complexity index is 583. The molecule has 2 aromatic rings. The second-order valence-corrected chi connectivity index (χ2v) is 5.01. The van der Waals surface area contributed by atoms with Gasteiger partial charge in [0.05, 0.1) is 18.8 Å². The quantitative estimate of drug-likeness (QED) is 0.853. The summed E-state index contributed by atoms with van der Waals surface area (Å²) in [5.41, 5.74) is 7.28. The maximum Gasteiger partial charge on any atom is 0.239 e. The molecule has 0 bridgehead atoms. The highest BCUT2D eigenvalue weighted by Gasteiger charge is 2.06. The van der Waals surface area contributed by atoms with Gasteiger partial charge < -0.3 is 15.8 Å².